The van der Waals surface area contributed by atoms with Gasteiger partial charge >= 0.3 is 0 Å². The quantitative estimate of drug-likeness (QED) is 0.407. The fourth-order valence-corrected chi connectivity index (χ4v) is 4.02. The van der Waals surface area contributed by atoms with Gasteiger partial charge in [-0.2, -0.15) is 10.2 Å². The highest BCUT2D eigenvalue weighted by Gasteiger charge is 2.18. The van der Waals surface area contributed by atoms with Gasteiger partial charge in [-0.25, -0.2) is 5.43 Å². The van der Waals surface area contributed by atoms with E-state index in [1.807, 2.05) is 31.2 Å². The maximum atomic E-state index is 12.4. The Labute approximate surface area is 168 Å². The largest absolute Gasteiger partial charge is 0.289 e. The zero-order valence-corrected chi connectivity index (χ0v) is 16.1. The molecular formula is C24H20N4O. The Morgan fingerprint density at radius 1 is 1.07 bits per heavy atom. The molecule has 1 aliphatic rings. The van der Waals surface area contributed by atoms with Gasteiger partial charge < -0.3 is 0 Å². The molecule has 142 valence electrons. The van der Waals surface area contributed by atoms with Gasteiger partial charge in [-0.15, -0.1) is 0 Å². The van der Waals surface area contributed by atoms with E-state index < -0.39 is 0 Å². The molecule has 5 heteroatoms. The van der Waals surface area contributed by atoms with Gasteiger partial charge in [-0.3, -0.25) is 9.89 Å². The van der Waals surface area contributed by atoms with Gasteiger partial charge in [0, 0.05) is 5.56 Å². The monoisotopic (exact) mass is 380 g/mol. The highest BCUT2D eigenvalue weighted by Crippen LogP contribution is 2.36. The molecule has 0 saturated carbocycles. The van der Waals surface area contributed by atoms with E-state index in [4.69, 9.17) is 0 Å². The number of carbonyl (C=O) groups excluding carboxylic acids is 1. The number of hydrazone groups is 1. The summed E-state index contributed by atoms with van der Waals surface area (Å²) in [6, 6.07) is 20.4. The molecule has 0 fully saturated rings. The number of nitrogens with zero attached hydrogens (tertiary/aromatic N) is 2. The van der Waals surface area contributed by atoms with Gasteiger partial charge in [0.2, 0.25) is 0 Å². The number of hydrogen-bond acceptors (Lipinski definition) is 3. The Hall–Kier alpha value is -3.73. The summed E-state index contributed by atoms with van der Waals surface area (Å²) in [7, 11) is 0. The van der Waals surface area contributed by atoms with Crippen LogP contribution in [-0.4, -0.2) is 22.3 Å². The van der Waals surface area contributed by atoms with Crippen molar-refractivity contribution in [2.45, 2.75) is 19.8 Å². The van der Waals surface area contributed by atoms with Crippen LogP contribution in [-0.2, 0) is 12.8 Å². The first-order valence-electron chi connectivity index (χ1n) is 9.68. The molecule has 0 aliphatic heterocycles. The van der Waals surface area contributed by atoms with E-state index in [2.05, 4.69) is 51.1 Å². The van der Waals surface area contributed by atoms with Crippen LogP contribution in [0.1, 0.15) is 32.7 Å². The first kappa shape index (κ1) is 17.4. The standard InChI is InChI=1S/C24H20N4O/c1-15-4-2-5-16(12-15)14-25-28-24(29)22-13-21(26-27-22)19-11-10-18-9-8-17-6-3-7-20(19)23(17)18/h2-7,10-14H,8-9H2,1H3,(H,26,27)(H,28,29)/b25-14+. The molecule has 5 rings (SSSR count). The molecule has 29 heavy (non-hydrogen) atoms. The Morgan fingerprint density at radius 3 is 2.76 bits per heavy atom. The van der Waals surface area contributed by atoms with Crippen LogP contribution in [0.5, 0.6) is 0 Å². The van der Waals surface area contributed by atoms with Gasteiger partial charge in [0.1, 0.15) is 5.69 Å². The summed E-state index contributed by atoms with van der Waals surface area (Å²) in [5, 5.41) is 13.8. The number of rotatable bonds is 4. The normalized spacial score (nSPS) is 12.7. The van der Waals surface area contributed by atoms with Crippen molar-refractivity contribution in [1.29, 1.82) is 0 Å². The van der Waals surface area contributed by atoms with E-state index in [9.17, 15) is 4.79 Å². The van der Waals surface area contributed by atoms with Gasteiger partial charge in [-0.05, 0) is 53.3 Å². The second-order valence-corrected chi connectivity index (χ2v) is 7.39. The molecule has 3 aromatic carbocycles. The molecule has 0 atom stereocenters. The maximum absolute atomic E-state index is 12.4. The van der Waals surface area contributed by atoms with Gasteiger partial charge in [0.15, 0.2) is 0 Å². The van der Waals surface area contributed by atoms with Gasteiger partial charge in [0.05, 0.1) is 11.9 Å². The Balaban J connectivity index is 1.39. The number of aromatic nitrogens is 2. The van der Waals surface area contributed by atoms with Crippen LogP contribution >= 0.6 is 0 Å². The summed E-state index contributed by atoms with van der Waals surface area (Å²) in [5.41, 5.74) is 9.58. The minimum absolute atomic E-state index is 0.321. The fourth-order valence-electron chi connectivity index (χ4n) is 4.02. The molecule has 0 bridgehead atoms. The third kappa shape index (κ3) is 3.21. The molecule has 0 unspecified atom stereocenters. The molecule has 0 saturated heterocycles. The second kappa shape index (κ2) is 7.02. The summed E-state index contributed by atoms with van der Waals surface area (Å²) >= 11 is 0. The van der Waals surface area contributed by atoms with Crippen LogP contribution in [0.4, 0.5) is 0 Å². The van der Waals surface area contributed by atoms with Crippen LogP contribution in [0.25, 0.3) is 22.0 Å². The van der Waals surface area contributed by atoms with E-state index in [0.717, 1.165) is 35.2 Å². The summed E-state index contributed by atoms with van der Waals surface area (Å²) in [4.78, 5) is 12.4. The minimum Gasteiger partial charge on any atom is -0.272 e. The molecule has 0 radical (unpaired) electrons. The van der Waals surface area contributed by atoms with Gasteiger partial charge in [-0.1, -0.05) is 60.2 Å². The lowest BCUT2D eigenvalue weighted by molar-refractivity contribution is 0.0950. The average molecular weight is 380 g/mol. The molecule has 1 aliphatic carbocycles. The van der Waals surface area contributed by atoms with Crippen molar-refractivity contribution in [3.05, 3.63) is 88.6 Å². The number of hydrogen-bond donors (Lipinski definition) is 2. The first-order valence-corrected chi connectivity index (χ1v) is 9.68. The predicted molar refractivity (Wildman–Crippen MR) is 115 cm³/mol. The Morgan fingerprint density at radius 2 is 1.90 bits per heavy atom. The molecule has 1 amide bonds. The smallest absolute Gasteiger partial charge is 0.272 e. The van der Waals surface area contributed by atoms with E-state index in [-0.39, 0.29) is 5.91 Å². The summed E-state index contributed by atoms with van der Waals surface area (Å²) in [5.74, 6) is -0.321. The fraction of sp³-hybridized carbons (Fsp3) is 0.125. The third-order valence-electron chi connectivity index (χ3n) is 5.40. The van der Waals surface area contributed by atoms with Crippen molar-refractivity contribution in [2.24, 2.45) is 5.10 Å². The highest BCUT2D eigenvalue weighted by molar-refractivity contribution is 6.02. The number of benzene rings is 3. The lowest BCUT2D eigenvalue weighted by Gasteiger charge is -2.06. The third-order valence-corrected chi connectivity index (χ3v) is 5.40. The Kier molecular flexibility index (Phi) is 4.21. The lowest BCUT2D eigenvalue weighted by Crippen LogP contribution is -2.18. The second-order valence-electron chi connectivity index (χ2n) is 7.39. The predicted octanol–water partition coefficient (Wildman–Crippen LogP) is 4.40. The van der Waals surface area contributed by atoms with E-state index in [1.54, 1.807) is 12.3 Å². The van der Waals surface area contributed by atoms with Gasteiger partial charge in [0.25, 0.3) is 5.91 Å². The minimum atomic E-state index is -0.321. The maximum Gasteiger partial charge on any atom is 0.289 e. The molecule has 2 N–H and O–H groups in total. The zero-order chi connectivity index (χ0) is 19.8. The molecule has 1 aromatic heterocycles. The number of aromatic amines is 1. The number of nitrogens with one attached hydrogen (secondary N) is 2. The molecule has 4 aromatic rings. The summed E-state index contributed by atoms with van der Waals surface area (Å²) in [6.45, 7) is 2.02. The van der Waals surface area contributed by atoms with Crippen LogP contribution < -0.4 is 5.43 Å². The van der Waals surface area contributed by atoms with Crippen LogP contribution in [0.2, 0.25) is 0 Å². The Bertz CT molecular complexity index is 1260. The number of carbonyl (C=O) groups is 1. The van der Waals surface area contributed by atoms with Crippen LogP contribution in [0.3, 0.4) is 0 Å². The number of amides is 1. The number of aryl methyl sites for hydroxylation is 3. The van der Waals surface area contributed by atoms with Crippen molar-refractivity contribution < 1.29 is 4.79 Å². The highest BCUT2D eigenvalue weighted by atomic mass is 16.2. The van der Waals surface area contributed by atoms with Crippen molar-refractivity contribution in [2.75, 3.05) is 0 Å². The zero-order valence-electron chi connectivity index (χ0n) is 16.1. The summed E-state index contributed by atoms with van der Waals surface area (Å²) < 4.78 is 0. The van der Waals surface area contributed by atoms with Crippen LogP contribution in [0, 0.1) is 6.92 Å². The van der Waals surface area contributed by atoms with Crippen molar-refractivity contribution in [1.82, 2.24) is 15.6 Å². The van der Waals surface area contributed by atoms with Crippen molar-refractivity contribution >= 4 is 22.9 Å². The topological polar surface area (TPSA) is 70.1 Å². The molecule has 5 nitrogen and oxygen atoms in total. The molecular weight excluding hydrogens is 360 g/mol. The van der Waals surface area contributed by atoms with E-state index in [0.29, 0.717) is 5.69 Å². The summed E-state index contributed by atoms with van der Waals surface area (Å²) in [6.07, 6.45) is 3.80. The van der Waals surface area contributed by atoms with E-state index >= 15 is 0 Å². The molecule has 1 heterocycles. The lowest BCUT2D eigenvalue weighted by atomic mass is 9.98. The van der Waals surface area contributed by atoms with Crippen molar-refractivity contribution in [3.8, 4) is 11.3 Å². The average Bonchev–Trinajstić information content (AvgIpc) is 3.37. The van der Waals surface area contributed by atoms with E-state index in [1.165, 1.54) is 21.9 Å². The molecule has 0 spiro atoms. The SMILES string of the molecule is Cc1cccc(/C=N/NC(=O)c2cc(-c3ccc4c5c(cccc35)CC4)n[nH]2)c1. The first-order chi connectivity index (χ1) is 14.2. The van der Waals surface area contributed by atoms with Crippen molar-refractivity contribution in [3.63, 3.8) is 0 Å². The number of H-pyrrole nitrogens is 1. The van der Waals surface area contributed by atoms with Crippen LogP contribution in [0.15, 0.2) is 65.8 Å².